The van der Waals surface area contributed by atoms with Crippen molar-refractivity contribution in [2.75, 3.05) is 31.1 Å². The van der Waals surface area contributed by atoms with Crippen LogP contribution in [0.1, 0.15) is 0 Å². The molecule has 100 valence electrons. The molecule has 18 heavy (non-hydrogen) atoms. The first-order chi connectivity index (χ1) is 8.44. The number of hydrogen-bond acceptors (Lipinski definition) is 3. The lowest BCUT2D eigenvalue weighted by molar-refractivity contribution is -0.274. The molecule has 1 fully saturated rings. The third-order valence-corrected chi connectivity index (χ3v) is 2.57. The first-order valence-electron chi connectivity index (χ1n) is 5.46. The molecule has 0 amide bonds. The molecule has 1 aliphatic rings. The maximum absolute atomic E-state index is 13.3. The first kappa shape index (κ1) is 12.9. The van der Waals surface area contributed by atoms with E-state index in [1.165, 1.54) is 12.1 Å². The summed E-state index contributed by atoms with van der Waals surface area (Å²) >= 11 is 0. The van der Waals surface area contributed by atoms with Crippen LogP contribution in [0.4, 0.5) is 23.2 Å². The average molecular weight is 264 g/mol. The average Bonchev–Trinajstić information content (AvgIpc) is 2.27. The highest BCUT2D eigenvalue weighted by Gasteiger charge is 2.31. The van der Waals surface area contributed by atoms with Crippen molar-refractivity contribution in [3.63, 3.8) is 0 Å². The van der Waals surface area contributed by atoms with E-state index in [0.29, 0.717) is 31.9 Å². The summed E-state index contributed by atoms with van der Waals surface area (Å²) in [6.07, 6.45) is -4.81. The summed E-state index contributed by atoms with van der Waals surface area (Å²) in [5.41, 5.74) is 0.399. The monoisotopic (exact) mass is 264 g/mol. The Kier molecular flexibility index (Phi) is 3.60. The Balaban J connectivity index is 2.20. The number of piperazine rings is 1. The Bertz CT molecular complexity index is 416. The minimum absolute atomic E-state index is 0.399. The van der Waals surface area contributed by atoms with Crippen LogP contribution in [0, 0.1) is 5.82 Å². The van der Waals surface area contributed by atoms with Gasteiger partial charge in [-0.25, -0.2) is 4.39 Å². The van der Waals surface area contributed by atoms with Gasteiger partial charge in [0.25, 0.3) is 0 Å². The number of hydrogen-bond donors (Lipinski definition) is 1. The molecule has 3 nitrogen and oxygen atoms in total. The lowest BCUT2D eigenvalue weighted by Crippen LogP contribution is -2.43. The van der Waals surface area contributed by atoms with E-state index in [2.05, 4.69) is 10.1 Å². The zero-order chi connectivity index (χ0) is 13.2. The number of rotatable bonds is 2. The van der Waals surface area contributed by atoms with Crippen LogP contribution in [0.25, 0.3) is 0 Å². The molecule has 1 saturated heterocycles. The summed E-state index contributed by atoms with van der Waals surface area (Å²) in [7, 11) is 0. The summed E-state index contributed by atoms with van der Waals surface area (Å²) < 4.78 is 53.2. The predicted octanol–water partition coefficient (Wildman–Crippen LogP) is 2.13. The molecule has 0 aromatic heterocycles. The smallest absolute Gasteiger partial charge is 0.406 e. The fraction of sp³-hybridized carbons (Fsp3) is 0.455. The second-order valence-corrected chi connectivity index (χ2v) is 3.93. The highest BCUT2D eigenvalue weighted by atomic mass is 19.4. The van der Waals surface area contributed by atoms with E-state index in [1.54, 1.807) is 0 Å². The number of benzene rings is 1. The SMILES string of the molecule is Fc1cc(OC(F)(F)F)cc(N2CCNCC2)c1. The van der Waals surface area contributed by atoms with Gasteiger partial charge in [-0.2, -0.15) is 0 Å². The third kappa shape index (κ3) is 3.49. The zero-order valence-electron chi connectivity index (χ0n) is 9.43. The number of anilines is 1. The second kappa shape index (κ2) is 5.01. The highest BCUT2D eigenvalue weighted by molar-refractivity contribution is 5.51. The van der Waals surface area contributed by atoms with Gasteiger partial charge in [0, 0.05) is 44.0 Å². The molecule has 1 N–H and O–H groups in total. The molecular formula is C11H12F4N2O. The molecule has 2 rings (SSSR count). The number of nitrogens with zero attached hydrogens (tertiary/aromatic N) is 1. The molecule has 0 unspecified atom stereocenters. The lowest BCUT2D eigenvalue weighted by Gasteiger charge is -2.29. The van der Waals surface area contributed by atoms with E-state index in [1.807, 2.05) is 4.90 Å². The molecule has 1 aromatic rings. The molecule has 0 aliphatic carbocycles. The van der Waals surface area contributed by atoms with E-state index in [-0.39, 0.29) is 0 Å². The second-order valence-electron chi connectivity index (χ2n) is 3.93. The van der Waals surface area contributed by atoms with Crippen LogP contribution in [0.3, 0.4) is 0 Å². The quantitative estimate of drug-likeness (QED) is 0.828. The maximum atomic E-state index is 13.3. The first-order valence-corrected chi connectivity index (χ1v) is 5.46. The van der Waals surface area contributed by atoms with Gasteiger partial charge in [0.1, 0.15) is 11.6 Å². The standard InChI is InChI=1S/C11H12F4N2O/c12-8-5-9(17-3-1-16-2-4-17)7-10(6-8)18-11(13,14)15/h5-7,16H,1-4H2. The molecule has 0 spiro atoms. The molecule has 7 heteroatoms. The molecule has 0 atom stereocenters. The van der Waals surface area contributed by atoms with Gasteiger partial charge in [-0.3, -0.25) is 0 Å². The Labute approximate surface area is 101 Å². The molecule has 0 radical (unpaired) electrons. The van der Waals surface area contributed by atoms with Gasteiger partial charge in [-0.15, -0.1) is 13.2 Å². The van der Waals surface area contributed by atoms with Crippen molar-refractivity contribution in [3.8, 4) is 5.75 Å². The van der Waals surface area contributed by atoms with Crippen LogP contribution in [-0.4, -0.2) is 32.5 Å². The van der Waals surface area contributed by atoms with Gasteiger partial charge in [0.2, 0.25) is 0 Å². The molecular weight excluding hydrogens is 252 g/mol. The maximum Gasteiger partial charge on any atom is 0.573 e. The summed E-state index contributed by atoms with van der Waals surface area (Å²) in [4.78, 5) is 1.81. The highest BCUT2D eigenvalue weighted by Crippen LogP contribution is 2.28. The molecule has 1 aromatic carbocycles. The lowest BCUT2D eigenvalue weighted by atomic mass is 10.2. The topological polar surface area (TPSA) is 24.5 Å². The van der Waals surface area contributed by atoms with Crippen molar-refractivity contribution in [2.45, 2.75) is 6.36 Å². The summed E-state index contributed by atoms with van der Waals surface area (Å²) in [5.74, 6) is -1.28. The number of halogens is 4. The van der Waals surface area contributed by atoms with Crippen molar-refractivity contribution < 1.29 is 22.3 Å². The van der Waals surface area contributed by atoms with E-state index in [0.717, 1.165) is 6.07 Å². The van der Waals surface area contributed by atoms with E-state index >= 15 is 0 Å². The van der Waals surface area contributed by atoms with Crippen molar-refractivity contribution in [2.24, 2.45) is 0 Å². The fourth-order valence-electron chi connectivity index (χ4n) is 1.85. The minimum atomic E-state index is -4.81. The zero-order valence-corrected chi connectivity index (χ0v) is 9.43. The van der Waals surface area contributed by atoms with Gasteiger partial charge >= 0.3 is 6.36 Å². The van der Waals surface area contributed by atoms with Crippen LogP contribution >= 0.6 is 0 Å². The van der Waals surface area contributed by atoms with Crippen molar-refractivity contribution in [1.82, 2.24) is 5.32 Å². The van der Waals surface area contributed by atoms with Crippen LogP contribution in [0.2, 0.25) is 0 Å². The normalized spacial score (nSPS) is 16.8. The Morgan fingerprint density at radius 1 is 1.11 bits per heavy atom. The fourth-order valence-corrected chi connectivity index (χ4v) is 1.85. The van der Waals surface area contributed by atoms with Gasteiger partial charge in [-0.1, -0.05) is 0 Å². The summed E-state index contributed by atoms with van der Waals surface area (Å²) in [5, 5.41) is 3.11. The van der Waals surface area contributed by atoms with Gasteiger partial charge in [0.15, 0.2) is 0 Å². The Hall–Kier alpha value is -1.50. The van der Waals surface area contributed by atoms with Crippen LogP contribution < -0.4 is 15.0 Å². The summed E-state index contributed by atoms with van der Waals surface area (Å²) in [6, 6.07) is 3.12. The van der Waals surface area contributed by atoms with E-state index in [4.69, 9.17) is 0 Å². The number of ether oxygens (including phenoxy) is 1. The molecule has 0 saturated carbocycles. The summed E-state index contributed by atoms with van der Waals surface area (Å²) in [6.45, 7) is 2.67. The Morgan fingerprint density at radius 3 is 2.39 bits per heavy atom. The molecule has 0 bridgehead atoms. The molecule has 1 aliphatic heterocycles. The van der Waals surface area contributed by atoms with Crippen molar-refractivity contribution in [1.29, 1.82) is 0 Å². The van der Waals surface area contributed by atoms with E-state index in [9.17, 15) is 17.6 Å². The Morgan fingerprint density at radius 2 is 1.78 bits per heavy atom. The van der Waals surface area contributed by atoms with Crippen LogP contribution in [-0.2, 0) is 0 Å². The van der Waals surface area contributed by atoms with Crippen LogP contribution in [0.15, 0.2) is 18.2 Å². The predicted molar refractivity (Wildman–Crippen MR) is 58.2 cm³/mol. The third-order valence-electron chi connectivity index (χ3n) is 2.57. The van der Waals surface area contributed by atoms with Crippen molar-refractivity contribution >= 4 is 5.69 Å². The largest absolute Gasteiger partial charge is 0.573 e. The minimum Gasteiger partial charge on any atom is -0.406 e. The van der Waals surface area contributed by atoms with Gasteiger partial charge in [0.05, 0.1) is 0 Å². The van der Waals surface area contributed by atoms with Gasteiger partial charge in [-0.05, 0) is 6.07 Å². The van der Waals surface area contributed by atoms with Gasteiger partial charge < -0.3 is 15.0 Å². The van der Waals surface area contributed by atoms with Crippen LogP contribution in [0.5, 0.6) is 5.75 Å². The molecule has 1 heterocycles. The van der Waals surface area contributed by atoms with E-state index < -0.39 is 17.9 Å². The number of nitrogens with one attached hydrogen (secondary N) is 1. The number of alkyl halides is 3. The van der Waals surface area contributed by atoms with Crippen molar-refractivity contribution in [3.05, 3.63) is 24.0 Å².